The van der Waals surface area contributed by atoms with E-state index in [2.05, 4.69) is 5.92 Å². The first-order valence-corrected chi connectivity index (χ1v) is 5.98. The van der Waals surface area contributed by atoms with E-state index in [-0.39, 0.29) is 0 Å². The maximum atomic E-state index is 11.5. The predicted molar refractivity (Wildman–Crippen MR) is 46.0 cm³/mol. The Morgan fingerprint density at radius 2 is 2.36 bits per heavy atom. The molecule has 0 aromatic heterocycles. The molecule has 0 N–H and O–H groups in total. The molecule has 1 aliphatic rings. The van der Waals surface area contributed by atoms with Crippen molar-refractivity contribution in [1.82, 2.24) is 0 Å². The summed E-state index contributed by atoms with van der Waals surface area (Å²) in [7, 11) is -2.37. The van der Waals surface area contributed by atoms with Gasteiger partial charge in [0.25, 0.3) is 0 Å². The molecule has 3 heteroatoms. The molecule has 0 saturated carbocycles. The van der Waals surface area contributed by atoms with Gasteiger partial charge in [-0.3, -0.25) is 4.57 Å². The topological polar surface area (TPSA) is 26.3 Å². The van der Waals surface area contributed by atoms with Crippen molar-refractivity contribution in [3.63, 3.8) is 0 Å². The molecule has 2 nitrogen and oxygen atoms in total. The quantitative estimate of drug-likeness (QED) is 0.413. The third-order valence-electron chi connectivity index (χ3n) is 1.92. The van der Waals surface area contributed by atoms with E-state index in [0.717, 1.165) is 12.8 Å². The third kappa shape index (κ3) is 2.09. The molecule has 0 radical (unpaired) electrons. The van der Waals surface area contributed by atoms with E-state index < -0.39 is 13.0 Å². The van der Waals surface area contributed by atoms with E-state index in [1.807, 2.05) is 6.92 Å². The minimum absolute atomic E-state index is 0.581. The average Bonchev–Trinajstić information content (AvgIpc) is 1.85. The Morgan fingerprint density at radius 1 is 1.73 bits per heavy atom. The van der Waals surface area contributed by atoms with Crippen LogP contribution in [0.5, 0.6) is 0 Å². The summed E-state index contributed by atoms with van der Waals surface area (Å²) in [6.45, 7) is 3.48. The van der Waals surface area contributed by atoms with Crippen LogP contribution in [-0.2, 0) is 9.09 Å². The SMILES string of the molecule is C#CC1(C)CCCP(C)(=O)O1. The minimum atomic E-state index is -2.37. The molecule has 2 atom stereocenters. The van der Waals surface area contributed by atoms with Crippen LogP contribution in [0.25, 0.3) is 0 Å². The fourth-order valence-electron chi connectivity index (χ4n) is 1.32. The van der Waals surface area contributed by atoms with Gasteiger partial charge in [0.15, 0.2) is 0 Å². The minimum Gasteiger partial charge on any atom is -0.309 e. The van der Waals surface area contributed by atoms with E-state index >= 15 is 0 Å². The number of hydrogen-bond donors (Lipinski definition) is 0. The van der Waals surface area contributed by atoms with Crippen LogP contribution < -0.4 is 0 Å². The number of terminal acetylenes is 1. The zero-order valence-corrected chi connectivity index (χ0v) is 7.86. The van der Waals surface area contributed by atoms with E-state index in [9.17, 15) is 4.57 Å². The molecule has 1 saturated heterocycles. The van der Waals surface area contributed by atoms with Crippen LogP contribution in [0.15, 0.2) is 0 Å². The Morgan fingerprint density at radius 3 is 2.73 bits per heavy atom. The van der Waals surface area contributed by atoms with Crippen molar-refractivity contribution in [3.8, 4) is 12.3 Å². The second kappa shape index (κ2) is 2.66. The smallest absolute Gasteiger partial charge is 0.201 e. The molecular weight excluding hydrogens is 159 g/mol. The normalized spacial score (nSPS) is 44.8. The highest BCUT2D eigenvalue weighted by Gasteiger charge is 2.35. The lowest BCUT2D eigenvalue weighted by Gasteiger charge is -2.32. The van der Waals surface area contributed by atoms with Crippen LogP contribution in [0.4, 0.5) is 0 Å². The molecule has 2 unspecified atom stereocenters. The largest absolute Gasteiger partial charge is 0.309 e. The molecule has 1 heterocycles. The van der Waals surface area contributed by atoms with E-state index in [0.29, 0.717) is 6.16 Å². The van der Waals surface area contributed by atoms with Crippen molar-refractivity contribution in [2.24, 2.45) is 0 Å². The number of hydrogen-bond acceptors (Lipinski definition) is 2. The Labute approximate surface area is 67.8 Å². The molecule has 0 aromatic rings. The number of rotatable bonds is 0. The summed E-state index contributed by atoms with van der Waals surface area (Å²) in [4.78, 5) is 0. The predicted octanol–water partition coefficient (Wildman–Crippen LogP) is 2.10. The van der Waals surface area contributed by atoms with Crippen molar-refractivity contribution in [1.29, 1.82) is 0 Å². The van der Waals surface area contributed by atoms with Crippen molar-refractivity contribution >= 4 is 7.37 Å². The highest BCUT2D eigenvalue weighted by molar-refractivity contribution is 7.58. The maximum absolute atomic E-state index is 11.5. The van der Waals surface area contributed by atoms with Gasteiger partial charge < -0.3 is 4.52 Å². The summed E-state index contributed by atoms with van der Waals surface area (Å²) in [5.74, 6) is 2.54. The van der Waals surface area contributed by atoms with Crippen LogP contribution in [0.1, 0.15) is 19.8 Å². The van der Waals surface area contributed by atoms with Crippen molar-refractivity contribution < 1.29 is 9.09 Å². The first kappa shape index (κ1) is 8.84. The Balaban J connectivity index is 2.77. The van der Waals surface area contributed by atoms with Gasteiger partial charge in [0.2, 0.25) is 7.37 Å². The summed E-state index contributed by atoms with van der Waals surface area (Å²) in [6, 6.07) is 0. The summed E-state index contributed by atoms with van der Waals surface area (Å²) in [5, 5.41) is 0. The molecular formula is C8H13O2P. The lowest BCUT2D eigenvalue weighted by Crippen LogP contribution is -2.29. The van der Waals surface area contributed by atoms with Gasteiger partial charge in [0.05, 0.1) is 0 Å². The Hall–Kier alpha value is -0.250. The summed E-state index contributed by atoms with van der Waals surface area (Å²) in [6.07, 6.45) is 7.67. The molecule has 11 heavy (non-hydrogen) atoms. The lowest BCUT2D eigenvalue weighted by molar-refractivity contribution is 0.130. The van der Waals surface area contributed by atoms with Crippen molar-refractivity contribution in [3.05, 3.63) is 0 Å². The molecule has 0 bridgehead atoms. The second-order valence-corrected chi connectivity index (χ2v) is 5.97. The fourth-order valence-corrected chi connectivity index (χ4v) is 3.14. The molecule has 0 spiro atoms. The molecule has 1 fully saturated rings. The van der Waals surface area contributed by atoms with Crippen LogP contribution in [0.3, 0.4) is 0 Å². The maximum Gasteiger partial charge on any atom is 0.201 e. The average molecular weight is 172 g/mol. The third-order valence-corrected chi connectivity index (χ3v) is 3.84. The van der Waals surface area contributed by atoms with Gasteiger partial charge in [0, 0.05) is 12.8 Å². The lowest BCUT2D eigenvalue weighted by atomic mass is 10.0. The van der Waals surface area contributed by atoms with Gasteiger partial charge in [-0.05, 0) is 19.8 Å². The van der Waals surface area contributed by atoms with Gasteiger partial charge in [-0.2, -0.15) is 0 Å². The Bertz CT molecular complexity index is 241. The molecule has 1 aliphatic heterocycles. The molecule has 0 amide bonds. The zero-order valence-electron chi connectivity index (χ0n) is 6.96. The second-order valence-electron chi connectivity index (χ2n) is 3.31. The van der Waals surface area contributed by atoms with Gasteiger partial charge in [-0.1, -0.05) is 5.92 Å². The van der Waals surface area contributed by atoms with Gasteiger partial charge in [-0.25, -0.2) is 0 Å². The summed E-state index contributed by atoms with van der Waals surface area (Å²) >= 11 is 0. The van der Waals surface area contributed by atoms with Crippen molar-refractivity contribution in [2.45, 2.75) is 25.4 Å². The summed E-state index contributed by atoms with van der Waals surface area (Å²) in [5.41, 5.74) is -0.581. The van der Waals surface area contributed by atoms with Crippen LogP contribution >= 0.6 is 7.37 Å². The summed E-state index contributed by atoms with van der Waals surface area (Å²) < 4.78 is 16.8. The van der Waals surface area contributed by atoms with Crippen LogP contribution in [0, 0.1) is 12.3 Å². The molecule has 0 aliphatic carbocycles. The van der Waals surface area contributed by atoms with E-state index in [4.69, 9.17) is 10.9 Å². The standard InChI is InChI=1S/C8H13O2P/c1-4-8(2)6-5-7-11(3,9)10-8/h1H,5-7H2,2-3H3. The van der Waals surface area contributed by atoms with Crippen LogP contribution in [0.2, 0.25) is 0 Å². The van der Waals surface area contributed by atoms with E-state index in [1.165, 1.54) is 0 Å². The highest BCUT2D eigenvalue weighted by atomic mass is 31.2. The molecule has 0 aromatic carbocycles. The van der Waals surface area contributed by atoms with E-state index in [1.54, 1.807) is 6.66 Å². The first-order chi connectivity index (χ1) is 4.97. The van der Waals surface area contributed by atoms with Gasteiger partial charge in [-0.15, -0.1) is 6.42 Å². The first-order valence-electron chi connectivity index (χ1n) is 3.72. The van der Waals surface area contributed by atoms with Crippen LogP contribution in [-0.4, -0.2) is 18.4 Å². The fraction of sp³-hybridized carbons (Fsp3) is 0.750. The van der Waals surface area contributed by atoms with Gasteiger partial charge >= 0.3 is 0 Å². The van der Waals surface area contributed by atoms with Crippen molar-refractivity contribution in [2.75, 3.05) is 12.8 Å². The molecule has 62 valence electrons. The highest BCUT2D eigenvalue weighted by Crippen LogP contribution is 2.52. The monoisotopic (exact) mass is 172 g/mol. The zero-order chi connectivity index (χ0) is 8.54. The Kier molecular flexibility index (Phi) is 2.14. The molecule has 1 rings (SSSR count). The van der Waals surface area contributed by atoms with Gasteiger partial charge in [0.1, 0.15) is 5.60 Å².